The number of carbonyl (C=O) groups is 3. The predicted octanol–water partition coefficient (Wildman–Crippen LogP) is 2.25. The maximum absolute atomic E-state index is 12.2. The Hall–Kier alpha value is -1.82. The second kappa shape index (κ2) is 6.76. The zero-order chi connectivity index (χ0) is 15.4. The molecule has 0 aliphatic carbocycles. The quantitative estimate of drug-likeness (QED) is 0.616. The van der Waals surface area contributed by atoms with Crippen molar-refractivity contribution in [1.29, 1.82) is 0 Å². The first-order valence-electron chi connectivity index (χ1n) is 6.84. The number of carbonyl (C=O) groups excluding carboxylic acids is 3. The Kier molecular flexibility index (Phi) is 5.01. The highest BCUT2D eigenvalue weighted by Crippen LogP contribution is 2.29. The summed E-state index contributed by atoms with van der Waals surface area (Å²) in [6.45, 7) is 4.00. The molecule has 1 aromatic carbocycles. The van der Waals surface area contributed by atoms with Crippen molar-refractivity contribution in [3.05, 3.63) is 29.8 Å². The summed E-state index contributed by atoms with van der Waals surface area (Å²) in [6, 6.07) is 6.32. The van der Waals surface area contributed by atoms with Gasteiger partial charge in [0.15, 0.2) is 0 Å². The minimum absolute atomic E-state index is 0.185. The monoisotopic (exact) mass is 307 g/mol. The molecule has 21 heavy (non-hydrogen) atoms. The average molecular weight is 307 g/mol. The Labute approximate surface area is 127 Å². The van der Waals surface area contributed by atoms with Crippen LogP contribution in [-0.4, -0.2) is 35.4 Å². The van der Waals surface area contributed by atoms with Crippen molar-refractivity contribution in [2.45, 2.75) is 25.5 Å². The molecule has 1 atom stereocenters. The van der Waals surface area contributed by atoms with Gasteiger partial charge in [0.25, 0.3) is 0 Å². The first-order chi connectivity index (χ1) is 10.1. The van der Waals surface area contributed by atoms with Crippen LogP contribution < -0.4 is 4.90 Å². The third-order valence-corrected chi connectivity index (χ3v) is 4.21. The number of ether oxygens (including phenoxy) is 1. The summed E-state index contributed by atoms with van der Waals surface area (Å²) in [5.74, 6) is -0.00705. The molecule has 0 radical (unpaired) electrons. The SMILES string of the molecule is CCOC(=O)c1ccc(N2C(=O)CC(SCC)C2=O)cc1. The summed E-state index contributed by atoms with van der Waals surface area (Å²) in [7, 11) is 0. The largest absolute Gasteiger partial charge is 0.462 e. The van der Waals surface area contributed by atoms with Gasteiger partial charge in [0.2, 0.25) is 11.8 Å². The van der Waals surface area contributed by atoms with E-state index in [1.165, 1.54) is 16.7 Å². The van der Waals surface area contributed by atoms with Gasteiger partial charge in [-0.25, -0.2) is 9.69 Å². The molecule has 5 nitrogen and oxygen atoms in total. The number of imide groups is 1. The van der Waals surface area contributed by atoms with Gasteiger partial charge in [-0.1, -0.05) is 6.92 Å². The number of hydrogen-bond acceptors (Lipinski definition) is 5. The molecule has 0 spiro atoms. The molecule has 1 aromatic rings. The van der Waals surface area contributed by atoms with Gasteiger partial charge < -0.3 is 4.74 Å². The fraction of sp³-hybridized carbons (Fsp3) is 0.400. The molecule has 0 N–H and O–H groups in total. The van der Waals surface area contributed by atoms with Gasteiger partial charge in [-0.15, -0.1) is 11.8 Å². The zero-order valence-electron chi connectivity index (χ0n) is 12.0. The summed E-state index contributed by atoms with van der Waals surface area (Å²) < 4.78 is 4.89. The number of nitrogens with zero attached hydrogens (tertiary/aromatic N) is 1. The van der Waals surface area contributed by atoms with Crippen LogP contribution in [0.5, 0.6) is 0 Å². The van der Waals surface area contributed by atoms with E-state index in [-0.39, 0.29) is 23.5 Å². The van der Waals surface area contributed by atoms with E-state index in [2.05, 4.69) is 0 Å². The number of thioether (sulfide) groups is 1. The third kappa shape index (κ3) is 3.26. The van der Waals surface area contributed by atoms with Crippen LogP contribution in [0.3, 0.4) is 0 Å². The Morgan fingerprint density at radius 1 is 1.29 bits per heavy atom. The lowest BCUT2D eigenvalue weighted by Gasteiger charge is -2.15. The summed E-state index contributed by atoms with van der Waals surface area (Å²) in [5, 5.41) is -0.299. The molecule has 2 amide bonds. The van der Waals surface area contributed by atoms with E-state index < -0.39 is 5.97 Å². The number of rotatable bonds is 5. The second-order valence-electron chi connectivity index (χ2n) is 4.48. The van der Waals surface area contributed by atoms with Crippen molar-refractivity contribution in [3.63, 3.8) is 0 Å². The molecule has 6 heteroatoms. The molecule has 0 bridgehead atoms. The first kappa shape index (κ1) is 15.6. The molecule has 2 rings (SSSR count). The van der Waals surface area contributed by atoms with Crippen LogP contribution in [-0.2, 0) is 14.3 Å². The molecular formula is C15H17NO4S. The number of esters is 1. The molecule has 0 aromatic heterocycles. The van der Waals surface area contributed by atoms with E-state index in [0.717, 1.165) is 5.75 Å². The van der Waals surface area contributed by atoms with Crippen LogP contribution in [0, 0.1) is 0 Å². The van der Waals surface area contributed by atoms with Gasteiger partial charge in [0, 0.05) is 6.42 Å². The van der Waals surface area contributed by atoms with Crippen molar-refractivity contribution in [2.24, 2.45) is 0 Å². The highest BCUT2D eigenvalue weighted by Gasteiger charge is 2.39. The first-order valence-corrected chi connectivity index (χ1v) is 7.89. The number of benzene rings is 1. The summed E-state index contributed by atoms with van der Waals surface area (Å²) >= 11 is 1.48. The lowest BCUT2D eigenvalue weighted by molar-refractivity contribution is -0.121. The Bertz CT molecular complexity index is 555. The standard InChI is InChI=1S/C15H17NO4S/c1-3-20-15(19)10-5-7-11(8-6-10)16-13(17)9-12(14(16)18)21-4-2/h5-8,12H,3-4,9H2,1-2H3. The Morgan fingerprint density at radius 3 is 2.52 bits per heavy atom. The number of amides is 2. The van der Waals surface area contributed by atoms with Crippen molar-refractivity contribution in [1.82, 2.24) is 0 Å². The maximum atomic E-state index is 12.2. The lowest BCUT2D eigenvalue weighted by Crippen LogP contribution is -2.31. The van der Waals surface area contributed by atoms with Crippen molar-refractivity contribution in [2.75, 3.05) is 17.3 Å². The predicted molar refractivity (Wildman–Crippen MR) is 81.4 cm³/mol. The van der Waals surface area contributed by atoms with Gasteiger partial charge in [-0.2, -0.15) is 0 Å². The molecule has 1 saturated heterocycles. The second-order valence-corrected chi connectivity index (χ2v) is 5.96. The fourth-order valence-corrected chi connectivity index (χ4v) is 3.08. The topological polar surface area (TPSA) is 63.7 Å². The number of anilines is 1. The van der Waals surface area contributed by atoms with Gasteiger partial charge in [-0.05, 0) is 36.9 Å². The summed E-state index contributed by atoms with van der Waals surface area (Å²) in [5.41, 5.74) is 0.899. The molecule has 1 heterocycles. The normalized spacial score (nSPS) is 18.2. The molecule has 1 aliphatic rings. The van der Waals surface area contributed by atoms with E-state index in [1.54, 1.807) is 31.2 Å². The molecule has 1 fully saturated rings. The van der Waals surface area contributed by atoms with Crippen molar-refractivity contribution in [3.8, 4) is 0 Å². The highest BCUT2D eigenvalue weighted by molar-refractivity contribution is 8.00. The van der Waals surface area contributed by atoms with E-state index in [4.69, 9.17) is 4.74 Å². The highest BCUT2D eigenvalue weighted by atomic mass is 32.2. The smallest absolute Gasteiger partial charge is 0.338 e. The van der Waals surface area contributed by atoms with E-state index in [9.17, 15) is 14.4 Å². The zero-order valence-corrected chi connectivity index (χ0v) is 12.8. The fourth-order valence-electron chi connectivity index (χ4n) is 2.17. The van der Waals surface area contributed by atoms with Crippen LogP contribution in [0.4, 0.5) is 5.69 Å². The molecule has 1 aliphatic heterocycles. The van der Waals surface area contributed by atoms with Crippen LogP contribution in [0.25, 0.3) is 0 Å². The van der Waals surface area contributed by atoms with E-state index in [0.29, 0.717) is 17.9 Å². The molecule has 1 unspecified atom stereocenters. The summed E-state index contributed by atoms with van der Waals surface area (Å²) in [6.07, 6.45) is 0.233. The van der Waals surface area contributed by atoms with Crippen molar-refractivity contribution < 1.29 is 19.1 Å². The third-order valence-electron chi connectivity index (χ3n) is 3.11. The van der Waals surface area contributed by atoms with Gasteiger partial charge >= 0.3 is 5.97 Å². The van der Waals surface area contributed by atoms with Crippen LogP contribution in [0.1, 0.15) is 30.6 Å². The average Bonchev–Trinajstić information content (AvgIpc) is 2.74. The summed E-state index contributed by atoms with van der Waals surface area (Å²) in [4.78, 5) is 37.0. The van der Waals surface area contributed by atoms with Gasteiger partial charge in [0.1, 0.15) is 0 Å². The Morgan fingerprint density at radius 2 is 1.95 bits per heavy atom. The molecule has 0 saturated carbocycles. The van der Waals surface area contributed by atoms with E-state index in [1.807, 2.05) is 6.92 Å². The Balaban J connectivity index is 2.17. The molecular weight excluding hydrogens is 290 g/mol. The van der Waals surface area contributed by atoms with Crippen LogP contribution in [0.2, 0.25) is 0 Å². The molecule has 112 valence electrons. The van der Waals surface area contributed by atoms with Gasteiger partial charge in [0.05, 0.1) is 23.1 Å². The van der Waals surface area contributed by atoms with Crippen LogP contribution in [0.15, 0.2) is 24.3 Å². The van der Waals surface area contributed by atoms with Gasteiger partial charge in [-0.3, -0.25) is 9.59 Å². The van der Waals surface area contributed by atoms with E-state index >= 15 is 0 Å². The van der Waals surface area contributed by atoms with Crippen molar-refractivity contribution >= 4 is 35.2 Å². The lowest BCUT2D eigenvalue weighted by atomic mass is 10.2. The maximum Gasteiger partial charge on any atom is 0.338 e. The number of hydrogen-bond donors (Lipinski definition) is 0. The minimum Gasteiger partial charge on any atom is -0.462 e. The minimum atomic E-state index is -0.414. The van der Waals surface area contributed by atoms with Crippen LogP contribution >= 0.6 is 11.8 Å².